The van der Waals surface area contributed by atoms with Gasteiger partial charge in [-0.2, -0.15) is 0 Å². The Morgan fingerprint density at radius 2 is 1.68 bits per heavy atom. The van der Waals surface area contributed by atoms with Gasteiger partial charge in [-0.15, -0.1) is 0 Å². The van der Waals surface area contributed by atoms with E-state index in [1.807, 2.05) is 0 Å². The number of Topliss-reactive ketones (excluding diaryl/α,β-unsaturated/α-hetero) is 1. The molecule has 0 saturated carbocycles. The molecule has 4 heterocycles. The van der Waals surface area contributed by atoms with Gasteiger partial charge in [0.25, 0.3) is 11.7 Å². The summed E-state index contributed by atoms with van der Waals surface area (Å²) < 4.78 is 24.3. The van der Waals surface area contributed by atoms with Crippen molar-refractivity contribution in [2.75, 3.05) is 30.4 Å². The number of hydrogen-bond acceptors (Lipinski definition) is 14. The molecule has 14 nitrogen and oxygen atoms in total. The number of aliphatic hydroxyl groups is 2. The maximum atomic E-state index is 14.6. The molecule has 57 heavy (non-hydrogen) atoms. The maximum absolute atomic E-state index is 14.6. The number of nitrogens with zero attached hydrogens (tertiary/aromatic N) is 2. The second kappa shape index (κ2) is 16.3. The molecular weight excluding hydrogens is 755 g/mol. The van der Waals surface area contributed by atoms with Crippen molar-refractivity contribution in [3.8, 4) is 17.2 Å². The molecule has 0 spiro atoms. The molecule has 3 aliphatic heterocycles. The van der Waals surface area contributed by atoms with Crippen LogP contribution in [0.4, 0.5) is 10.8 Å². The van der Waals surface area contributed by atoms with Crippen molar-refractivity contribution in [2.45, 2.75) is 98.4 Å². The van der Waals surface area contributed by atoms with Gasteiger partial charge in [0.2, 0.25) is 0 Å². The molecule has 5 N–H and O–H groups in total. The van der Waals surface area contributed by atoms with Crippen LogP contribution in [0.5, 0.6) is 17.2 Å². The third-order valence-corrected chi connectivity index (χ3v) is 12.9. The van der Waals surface area contributed by atoms with Gasteiger partial charge in [0.1, 0.15) is 23.3 Å². The van der Waals surface area contributed by atoms with Crippen molar-refractivity contribution in [3.05, 3.63) is 47.3 Å². The highest BCUT2D eigenvalue weighted by Crippen LogP contribution is 2.55. The zero-order chi connectivity index (χ0) is 41.7. The topological polar surface area (TPSA) is 197 Å². The monoisotopic (exact) mass is 807 g/mol. The van der Waals surface area contributed by atoms with Crippen LogP contribution >= 0.6 is 11.3 Å². The van der Waals surface area contributed by atoms with E-state index in [1.165, 1.54) is 38.6 Å². The number of amides is 1. The summed E-state index contributed by atoms with van der Waals surface area (Å²) in [6, 6.07) is 0. The van der Waals surface area contributed by atoms with E-state index >= 15 is 0 Å². The number of carbonyl (C=O) groups excluding carboxylic acids is 3. The molecule has 15 heteroatoms. The van der Waals surface area contributed by atoms with Crippen molar-refractivity contribution in [1.29, 1.82) is 0 Å². The Kier molecular flexibility index (Phi) is 12.0. The molecule has 3 aromatic rings. The number of ether oxygens (including phenoxy) is 4. The Balaban J connectivity index is 1.54. The summed E-state index contributed by atoms with van der Waals surface area (Å²) >= 11 is 1.26. The lowest BCUT2D eigenvalue weighted by Gasteiger charge is -2.38. The fourth-order valence-corrected chi connectivity index (χ4v) is 9.28. The quantitative estimate of drug-likeness (QED) is 0.147. The Labute approximate surface area is 335 Å². The summed E-state index contributed by atoms with van der Waals surface area (Å²) in [6.07, 6.45) is 5.94. The first-order valence-electron chi connectivity index (χ1n) is 19.3. The predicted molar refractivity (Wildman–Crippen MR) is 217 cm³/mol. The van der Waals surface area contributed by atoms with Crippen molar-refractivity contribution in [1.82, 2.24) is 4.98 Å². The van der Waals surface area contributed by atoms with Gasteiger partial charge >= 0.3 is 11.8 Å². The number of methoxy groups -OCH3 is 1. The zero-order valence-electron chi connectivity index (χ0n) is 33.8. The number of anilines is 2. The largest absolute Gasteiger partial charge is 0.507 e. The highest BCUT2D eigenvalue weighted by Gasteiger charge is 2.50. The molecule has 1 fully saturated rings. The van der Waals surface area contributed by atoms with E-state index in [2.05, 4.69) is 10.2 Å². The van der Waals surface area contributed by atoms with Crippen molar-refractivity contribution in [3.63, 3.8) is 0 Å². The normalized spacial score (nSPS) is 31.6. The summed E-state index contributed by atoms with van der Waals surface area (Å²) in [5.74, 6) is -6.71. The number of aromatic hydroxyl groups is 2. The standard InChI is InChI=1S/C42H53N3O11S/c1-19-13-12-14-20(2)40(52)43-31-35(50)28-27(30-38(31)57-41(44-30)45-16-10-11-17-45)29-37(24(6)34(28)49)56-42(8,39(29)51)54-18-15-26(53-9)21(3)36(55-25(7)46)23(5)33(48)22(4)32(19)47/h12-15,18-19,21-23,26,32-33,36,47-50H,10-11,16-17H2,1-9H3,(H,43,52)/b13-12-,18-15?,20-14-/t19-,21+,22+,23+,26-,32-,33+,36+,42-/m0/s1. The summed E-state index contributed by atoms with van der Waals surface area (Å²) in [5.41, 5.74) is 0.824. The number of aliphatic hydroxyl groups excluding tert-OH is 2. The first kappa shape index (κ1) is 41.9. The number of thiazole rings is 1. The lowest BCUT2D eigenvalue weighted by molar-refractivity contribution is -0.160. The van der Waals surface area contributed by atoms with E-state index in [9.17, 15) is 34.8 Å². The van der Waals surface area contributed by atoms with Crippen LogP contribution in [-0.2, 0) is 23.8 Å². The third-order valence-electron chi connectivity index (χ3n) is 11.7. The van der Waals surface area contributed by atoms with E-state index in [0.29, 0.717) is 15.3 Å². The van der Waals surface area contributed by atoms with Gasteiger partial charge in [-0.1, -0.05) is 57.3 Å². The molecule has 1 saturated heterocycles. The molecule has 9 atom stereocenters. The molecule has 0 unspecified atom stereocenters. The van der Waals surface area contributed by atoms with E-state index < -0.39 is 77.3 Å². The molecule has 2 aromatic carbocycles. The molecule has 0 aliphatic carbocycles. The number of nitrogens with one attached hydrogen (secondary N) is 1. The third kappa shape index (κ3) is 7.57. The lowest BCUT2D eigenvalue weighted by atomic mass is 9.78. The Hall–Kier alpha value is -4.70. The molecule has 6 rings (SSSR count). The molecule has 0 radical (unpaired) electrons. The zero-order valence-corrected chi connectivity index (χ0v) is 34.6. The number of phenolic OH excluding ortho intramolecular Hbond substituents is 2. The summed E-state index contributed by atoms with van der Waals surface area (Å²) in [5, 5.41) is 50.1. The average Bonchev–Trinajstić information content (AvgIpc) is 3.93. The fourth-order valence-electron chi connectivity index (χ4n) is 8.15. The van der Waals surface area contributed by atoms with Gasteiger partial charge in [-0.25, -0.2) is 4.98 Å². The van der Waals surface area contributed by atoms with Crippen molar-refractivity contribution in [2.24, 2.45) is 23.7 Å². The molecule has 1 amide bonds. The van der Waals surface area contributed by atoms with Gasteiger partial charge in [-0.05, 0) is 32.8 Å². The molecule has 1 aromatic heterocycles. The van der Waals surface area contributed by atoms with Crippen LogP contribution in [0.1, 0.15) is 77.2 Å². The SMILES string of the molecule is CO[C@H]1C=CO[C@@]2(C)Oc3c(C)c(O)c4c(O)c(c5sc(N6CCCC6)nc5c4c3C2=O)NC(=O)/C(C)=C\C=C/[C@H](C)[C@H](O)[C@@H](C)[C@@H](O)[C@@H](C)[C@H](OC(C)=O)[C@@H]1C. The van der Waals surface area contributed by atoms with Crippen molar-refractivity contribution >= 4 is 60.8 Å². The van der Waals surface area contributed by atoms with E-state index in [4.69, 9.17) is 23.9 Å². The highest BCUT2D eigenvalue weighted by atomic mass is 32.1. The van der Waals surface area contributed by atoms with E-state index in [-0.39, 0.29) is 44.7 Å². The molecular formula is C42H53N3O11S. The number of ketones is 1. The Morgan fingerprint density at radius 3 is 2.33 bits per heavy atom. The van der Waals surface area contributed by atoms with Crippen LogP contribution in [0.25, 0.3) is 21.0 Å². The van der Waals surface area contributed by atoms with Crippen LogP contribution in [-0.4, -0.2) is 93.5 Å². The number of esters is 1. The molecule has 4 bridgehead atoms. The summed E-state index contributed by atoms with van der Waals surface area (Å²) in [7, 11) is 1.47. The number of hydrogen-bond donors (Lipinski definition) is 5. The van der Waals surface area contributed by atoms with Gasteiger partial charge in [-0.3, -0.25) is 14.4 Å². The second-order valence-corrected chi connectivity index (χ2v) is 16.7. The minimum atomic E-state index is -1.93. The number of allylic oxidation sites excluding steroid dienone is 2. The summed E-state index contributed by atoms with van der Waals surface area (Å²) in [6.45, 7) is 14.4. The van der Waals surface area contributed by atoms with Gasteiger partial charge < -0.3 is 49.6 Å². The average molecular weight is 808 g/mol. The highest BCUT2D eigenvalue weighted by molar-refractivity contribution is 7.23. The predicted octanol–water partition coefficient (Wildman–Crippen LogP) is 6.26. The van der Waals surface area contributed by atoms with E-state index in [1.54, 1.807) is 65.8 Å². The smallest absolute Gasteiger partial charge is 0.312 e. The number of phenols is 2. The number of carbonyl (C=O) groups is 3. The number of benzene rings is 2. The molecule has 308 valence electrons. The number of aromatic nitrogens is 1. The molecule has 3 aliphatic rings. The van der Waals surface area contributed by atoms with Crippen LogP contribution in [0.3, 0.4) is 0 Å². The first-order valence-corrected chi connectivity index (χ1v) is 20.1. The maximum Gasteiger partial charge on any atom is 0.312 e. The van der Waals surface area contributed by atoms with E-state index in [0.717, 1.165) is 25.9 Å². The van der Waals surface area contributed by atoms with Gasteiger partial charge in [0.05, 0.1) is 45.7 Å². The lowest BCUT2D eigenvalue weighted by Crippen LogP contribution is -2.46. The van der Waals surface area contributed by atoms with Crippen LogP contribution in [0.2, 0.25) is 0 Å². The van der Waals surface area contributed by atoms with Crippen LogP contribution in [0, 0.1) is 30.6 Å². The minimum Gasteiger partial charge on any atom is -0.507 e. The van der Waals surface area contributed by atoms with Gasteiger partial charge in [0, 0.05) is 74.2 Å². The summed E-state index contributed by atoms with van der Waals surface area (Å²) in [4.78, 5) is 47.7. The Bertz CT molecular complexity index is 2170. The number of rotatable bonds is 3. The minimum absolute atomic E-state index is 0.0344. The van der Waals surface area contributed by atoms with Gasteiger partial charge in [0.15, 0.2) is 10.9 Å². The Morgan fingerprint density at radius 1 is 1.00 bits per heavy atom. The van der Waals surface area contributed by atoms with Crippen LogP contribution < -0.4 is 15.0 Å². The fraction of sp³-hybridized carbons (Fsp3) is 0.524. The van der Waals surface area contributed by atoms with Crippen molar-refractivity contribution < 1.29 is 53.8 Å². The second-order valence-electron chi connectivity index (χ2n) is 15.7. The number of fused-ring (bicyclic) bond motifs is 1. The first-order chi connectivity index (χ1) is 26.9. The van der Waals surface area contributed by atoms with Crippen LogP contribution in [0.15, 0.2) is 36.1 Å².